The van der Waals surface area contributed by atoms with E-state index < -0.39 is 0 Å². The summed E-state index contributed by atoms with van der Waals surface area (Å²) >= 11 is 1.59. The fourth-order valence-corrected chi connectivity index (χ4v) is 3.86. The summed E-state index contributed by atoms with van der Waals surface area (Å²) in [5, 5.41) is 4.08. The second-order valence-corrected chi connectivity index (χ2v) is 7.42. The van der Waals surface area contributed by atoms with Gasteiger partial charge in [0.15, 0.2) is 0 Å². The molecule has 3 heterocycles. The quantitative estimate of drug-likeness (QED) is 0.765. The maximum atomic E-state index is 12.7. The van der Waals surface area contributed by atoms with Gasteiger partial charge in [-0.15, -0.1) is 11.3 Å². The van der Waals surface area contributed by atoms with Crippen molar-refractivity contribution in [3.8, 4) is 5.88 Å². The number of rotatable bonds is 4. The first-order valence-electron chi connectivity index (χ1n) is 8.52. The fourth-order valence-electron chi connectivity index (χ4n) is 3.00. The Balaban J connectivity index is 1.48. The number of fused-ring (bicyclic) bond motifs is 1. The first-order chi connectivity index (χ1) is 12.7. The molecular formula is C19H19N3O3S. The van der Waals surface area contributed by atoms with E-state index in [0.717, 1.165) is 15.2 Å². The van der Waals surface area contributed by atoms with Gasteiger partial charge in [-0.25, -0.2) is 9.97 Å². The van der Waals surface area contributed by atoms with Gasteiger partial charge in [0.05, 0.1) is 27.9 Å². The molecule has 4 rings (SSSR count). The number of nitrogens with one attached hydrogen (secondary N) is 1. The van der Waals surface area contributed by atoms with Crippen molar-refractivity contribution in [1.82, 2.24) is 15.3 Å². The Labute approximate surface area is 155 Å². The topological polar surface area (TPSA) is 73.3 Å². The summed E-state index contributed by atoms with van der Waals surface area (Å²) in [5.41, 5.74) is 1.55. The number of hydrogen-bond acceptors (Lipinski definition) is 6. The Morgan fingerprint density at radius 3 is 3.12 bits per heavy atom. The lowest BCUT2D eigenvalue weighted by Gasteiger charge is -2.32. The number of aromatic nitrogens is 2. The van der Waals surface area contributed by atoms with Gasteiger partial charge in [-0.1, -0.05) is 6.07 Å². The summed E-state index contributed by atoms with van der Waals surface area (Å²) < 4.78 is 12.5. The lowest BCUT2D eigenvalue weighted by Crippen LogP contribution is -2.51. The molecule has 1 aromatic carbocycles. The van der Waals surface area contributed by atoms with E-state index in [2.05, 4.69) is 15.3 Å². The molecule has 1 amide bonds. The summed E-state index contributed by atoms with van der Waals surface area (Å²) in [4.78, 5) is 21.3. The van der Waals surface area contributed by atoms with E-state index in [-0.39, 0.29) is 18.1 Å². The Hall–Kier alpha value is -2.51. The molecule has 1 aliphatic rings. The standard InChI is InChI=1S/C19H19N3O3S/c1-12-21-15-6-5-13(10-17(15)26-12)19(23)22-14-7-9-24-11-16(14)25-18-4-2-3-8-20-18/h2-6,8,10,14,16H,7,9,11H2,1H3,(H,22,23)/t14-,16-/m1/s1. The van der Waals surface area contributed by atoms with Gasteiger partial charge in [-0.05, 0) is 37.6 Å². The molecule has 0 aliphatic carbocycles. The molecule has 134 valence electrons. The average Bonchev–Trinajstić information content (AvgIpc) is 3.03. The number of carbonyl (C=O) groups is 1. The zero-order chi connectivity index (χ0) is 17.9. The summed E-state index contributed by atoms with van der Waals surface area (Å²) in [5.74, 6) is 0.420. The van der Waals surface area contributed by atoms with Crippen molar-refractivity contribution in [2.24, 2.45) is 0 Å². The molecule has 6 nitrogen and oxygen atoms in total. The second-order valence-electron chi connectivity index (χ2n) is 6.18. The van der Waals surface area contributed by atoms with Gasteiger partial charge in [0.1, 0.15) is 6.10 Å². The third-order valence-electron chi connectivity index (χ3n) is 4.29. The number of carbonyl (C=O) groups excluding carboxylic acids is 1. The molecule has 0 radical (unpaired) electrons. The van der Waals surface area contributed by atoms with Gasteiger partial charge in [0.25, 0.3) is 5.91 Å². The largest absolute Gasteiger partial charge is 0.470 e. The van der Waals surface area contributed by atoms with Crippen LogP contribution >= 0.6 is 11.3 Å². The first-order valence-corrected chi connectivity index (χ1v) is 9.34. The van der Waals surface area contributed by atoms with Crippen molar-refractivity contribution in [1.29, 1.82) is 0 Å². The molecule has 7 heteroatoms. The number of pyridine rings is 1. The Bertz CT molecular complexity index is 913. The lowest BCUT2D eigenvalue weighted by atomic mass is 10.1. The van der Waals surface area contributed by atoms with E-state index >= 15 is 0 Å². The molecule has 1 fully saturated rings. The van der Waals surface area contributed by atoms with Crippen LogP contribution in [0.1, 0.15) is 21.8 Å². The third kappa shape index (κ3) is 3.68. The number of benzene rings is 1. The Kier molecular flexibility index (Phi) is 4.81. The highest BCUT2D eigenvalue weighted by molar-refractivity contribution is 7.18. The highest BCUT2D eigenvalue weighted by atomic mass is 32.1. The van der Waals surface area contributed by atoms with Crippen molar-refractivity contribution >= 4 is 27.5 Å². The minimum absolute atomic E-state index is 0.112. The van der Waals surface area contributed by atoms with Gasteiger partial charge >= 0.3 is 0 Å². The summed E-state index contributed by atoms with van der Waals surface area (Å²) in [6.07, 6.45) is 2.11. The number of amides is 1. The highest BCUT2D eigenvalue weighted by Gasteiger charge is 2.29. The lowest BCUT2D eigenvalue weighted by molar-refractivity contribution is -0.0152. The van der Waals surface area contributed by atoms with Gasteiger partial charge in [0, 0.05) is 24.4 Å². The van der Waals surface area contributed by atoms with Crippen molar-refractivity contribution < 1.29 is 14.3 Å². The van der Waals surface area contributed by atoms with Crippen LogP contribution in [0.2, 0.25) is 0 Å². The zero-order valence-electron chi connectivity index (χ0n) is 14.3. The Morgan fingerprint density at radius 1 is 1.35 bits per heavy atom. The average molecular weight is 369 g/mol. The molecule has 26 heavy (non-hydrogen) atoms. The predicted molar refractivity (Wildman–Crippen MR) is 99.7 cm³/mol. The monoisotopic (exact) mass is 369 g/mol. The van der Waals surface area contributed by atoms with Crippen molar-refractivity contribution in [3.05, 3.63) is 53.2 Å². The predicted octanol–water partition coefficient (Wildman–Crippen LogP) is 2.97. The summed E-state index contributed by atoms with van der Waals surface area (Å²) in [6.45, 7) is 2.99. The minimum Gasteiger partial charge on any atom is -0.470 e. The number of hydrogen-bond donors (Lipinski definition) is 1. The first kappa shape index (κ1) is 16.9. The molecule has 0 unspecified atom stereocenters. The molecule has 3 aromatic rings. The molecule has 1 N–H and O–H groups in total. The van der Waals surface area contributed by atoms with E-state index in [4.69, 9.17) is 9.47 Å². The number of nitrogens with zero attached hydrogens (tertiary/aromatic N) is 2. The van der Waals surface area contributed by atoms with E-state index in [1.807, 2.05) is 37.3 Å². The fraction of sp³-hybridized carbons (Fsp3) is 0.316. The maximum Gasteiger partial charge on any atom is 0.251 e. The van der Waals surface area contributed by atoms with Crippen LogP contribution in [0.15, 0.2) is 42.6 Å². The number of ether oxygens (including phenoxy) is 2. The van der Waals surface area contributed by atoms with Crippen LogP contribution in [0.5, 0.6) is 5.88 Å². The van der Waals surface area contributed by atoms with E-state index in [0.29, 0.717) is 31.1 Å². The highest BCUT2D eigenvalue weighted by Crippen LogP contribution is 2.23. The van der Waals surface area contributed by atoms with Gasteiger partial charge in [-0.2, -0.15) is 0 Å². The molecule has 2 aromatic heterocycles. The van der Waals surface area contributed by atoms with Crippen LogP contribution in [0.25, 0.3) is 10.2 Å². The van der Waals surface area contributed by atoms with Crippen LogP contribution in [-0.2, 0) is 4.74 Å². The van der Waals surface area contributed by atoms with Gasteiger partial charge in [0.2, 0.25) is 5.88 Å². The molecular weight excluding hydrogens is 350 g/mol. The molecule has 0 saturated carbocycles. The van der Waals surface area contributed by atoms with Crippen LogP contribution in [0.4, 0.5) is 0 Å². The zero-order valence-corrected chi connectivity index (χ0v) is 15.2. The number of aryl methyl sites for hydroxylation is 1. The minimum atomic E-state index is -0.267. The maximum absolute atomic E-state index is 12.7. The third-order valence-corrected chi connectivity index (χ3v) is 5.22. The van der Waals surface area contributed by atoms with Crippen LogP contribution in [-0.4, -0.2) is 41.2 Å². The normalized spacial score (nSPS) is 20.0. The van der Waals surface area contributed by atoms with E-state index in [9.17, 15) is 4.79 Å². The van der Waals surface area contributed by atoms with E-state index in [1.165, 1.54) is 0 Å². The molecule has 0 bridgehead atoms. The summed E-state index contributed by atoms with van der Waals surface area (Å²) in [7, 11) is 0. The van der Waals surface area contributed by atoms with Crippen LogP contribution in [0.3, 0.4) is 0 Å². The molecule has 0 spiro atoms. The van der Waals surface area contributed by atoms with Gasteiger partial charge in [-0.3, -0.25) is 4.79 Å². The Morgan fingerprint density at radius 2 is 2.27 bits per heavy atom. The molecule has 2 atom stereocenters. The second kappa shape index (κ2) is 7.39. The summed E-state index contributed by atoms with van der Waals surface area (Å²) in [6, 6.07) is 11.0. The smallest absolute Gasteiger partial charge is 0.251 e. The van der Waals surface area contributed by atoms with Crippen LogP contribution < -0.4 is 10.1 Å². The van der Waals surface area contributed by atoms with Gasteiger partial charge < -0.3 is 14.8 Å². The van der Waals surface area contributed by atoms with E-state index in [1.54, 1.807) is 23.6 Å². The van der Waals surface area contributed by atoms with Crippen molar-refractivity contribution in [2.75, 3.05) is 13.2 Å². The van der Waals surface area contributed by atoms with Crippen LogP contribution in [0, 0.1) is 6.92 Å². The SMILES string of the molecule is Cc1nc2ccc(C(=O)N[C@@H]3CCOC[C@H]3Oc3ccccn3)cc2s1. The van der Waals surface area contributed by atoms with Crippen molar-refractivity contribution in [2.45, 2.75) is 25.5 Å². The molecule has 1 saturated heterocycles. The number of thiazole rings is 1. The van der Waals surface area contributed by atoms with Crippen molar-refractivity contribution in [3.63, 3.8) is 0 Å². The molecule has 1 aliphatic heterocycles.